The number of carbonyl (C=O) groups excluding carboxylic acids is 1. The number of alkyl carbamates (subject to hydrolysis) is 1. The van der Waals surface area contributed by atoms with Crippen LogP contribution in [-0.4, -0.2) is 57.3 Å². The average molecular weight is 302 g/mol. The van der Waals surface area contributed by atoms with Crippen molar-refractivity contribution in [1.29, 1.82) is 0 Å². The monoisotopic (exact) mass is 302 g/mol. The zero-order chi connectivity index (χ0) is 15.7. The van der Waals surface area contributed by atoms with Crippen LogP contribution in [0.15, 0.2) is 0 Å². The molecule has 2 unspecified atom stereocenters. The minimum atomic E-state index is -0.445. The van der Waals surface area contributed by atoms with Gasteiger partial charge in [-0.2, -0.15) is 0 Å². The summed E-state index contributed by atoms with van der Waals surface area (Å²) in [5.41, 5.74) is -0.445. The number of hydrogen-bond donors (Lipinski definition) is 2. The van der Waals surface area contributed by atoms with E-state index in [9.17, 15) is 4.79 Å². The molecular formula is C15H30N2O4. The molecule has 0 spiro atoms. The summed E-state index contributed by atoms with van der Waals surface area (Å²) < 4.78 is 15.6. The van der Waals surface area contributed by atoms with Gasteiger partial charge in [0.15, 0.2) is 0 Å². The van der Waals surface area contributed by atoms with Crippen LogP contribution in [0, 0.1) is 0 Å². The highest BCUT2D eigenvalue weighted by Crippen LogP contribution is 2.19. The molecule has 0 aromatic rings. The summed E-state index contributed by atoms with van der Waals surface area (Å²) in [4.78, 5) is 11.7. The SMILES string of the molecule is COCCOCCNC1CCC(NC(=O)OC(C)(C)C)C1. The highest BCUT2D eigenvalue weighted by atomic mass is 16.6. The maximum Gasteiger partial charge on any atom is 0.407 e. The molecule has 0 bridgehead atoms. The zero-order valence-corrected chi connectivity index (χ0v) is 13.7. The predicted octanol–water partition coefficient (Wildman–Crippen LogP) is 1.68. The Kier molecular flexibility index (Phi) is 8.00. The summed E-state index contributed by atoms with van der Waals surface area (Å²) >= 11 is 0. The molecule has 0 heterocycles. The van der Waals surface area contributed by atoms with Gasteiger partial charge in [0.05, 0.1) is 19.8 Å². The molecule has 2 N–H and O–H groups in total. The number of amides is 1. The van der Waals surface area contributed by atoms with E-state index >= 15 is 0 Å². The molecule has 2 atom stereocenters. The van der Waals surface area contributed by atoms with Gasteiger partial charge in [-0.25, -0.2) is 4.79 Å². The van der Waals surface area contributed by atoms with Gasteiger partial charge >= 0.3 is 6.09 Å². The van der Waals surface area contributed by atoms with Crippen LogP contribution in [0.4, 0.5) is 4.79 Å². The fraction of sp³-hybridized carbons (Fsp3) is 0.933. The molecule has 21 heavy (non-hydrogen) atoms. The van der Waals surface area contributed by atoms with Gasteiger partial charge in [0.25, 0.3) is 0 Å². The summed E-state index contributed by atoms with van der Waals surface area (Å²) in [6, 6.07) is 0.641. The van der Waals surface area contributed by atoms with Crippen molar-refractivity contribution in [2.75, 3.05) is 33.5 Å². The molecule has 0 aliphatic heterocycles. The van der Waals surface area contributed by atoms with Crippen LogP contribution in [-0.2, 0) is 14.2 Å². The Bertz CT molecular complexity index is 305. The third-order valence-electron chi connectivity index (χ3n) is 3.26. The second-order valence-corrected chi connectivity index (χ2v) is 6.41. The lowest BCUT2D eigenvalue weighted by atomic mass is 10.2. The predicted molar refractivity (Wildman–Crippen MR) is 81.5 cm³/mol. The van der Waals surface area contributed by atoms with Gasteiger partial charge in [0, 0.05) is 25.7 Å². The van der Waals surface area contributed by atoms with Gasteiger partial charge < -0.3 is 24.8 Å². The fourth-order valence-electron chi connectivity index (χ4n) is 2.35. The zero-order valence-electron chi connectivity index (χ0n) is 13.7. The van der Waals surface area contributed by atoms with E-state index < -0.39 is 5.60 Å². The smallest absolute Gasteiger partial charge is 0.407 e. The van der Waals surface area contributed by atoms with Crippen LogP contribution in [0.1, 0.15) is 40.0 Å². The van der Waals surface area contributed by atoms with Gasteiger partial charge in [-0.1, -0.05) is 0 Å². The van der Waals surface area contributed by atoms with Crippen LogP contribution in [0.3, 0.4) is 0 Å². The molecule has 0 aromatic heterocycles. The lowest BCUT2D eigenvalue weighted by Gasteiger charge is -2.21. The number of methoxy groups -OCH3 is 1. The minimum absolute atomic E-state index is 0.201. The average Bonchev–Trinajstić information content (AvgIpc) is 2.78. The van der Waals surface area contributed by atoms with Gasteiger partial charge in [0.1, 0.15) is 5.60 Å². The molecule has 6 nitrogen and oxygen atoms in total. The summed E-state index contributed by atoms with van der Waals surface area (Å²) in [5.74, 6) is 0. The van der Waals surface area contributed by atoms with Crippen LogP contribution in [0.5, 0.6) is 0 Å². The van der Waals surface area contributed by atoms with Crippen molar-refractivity contribution < 1.29 is 19.0 Å². The third-order valence-corrected chi connectivity index (χ3v) is 3.26. The molecule has 1 rings (SSSR count). The van der Waals surface area contributed by atoms with Crippen molar-refractivity contribution >= 4 is 6.09 Å². The van der Waals surface area contributed by atoms with E-state index in [1.165, 1.54) is 0 Å². The standard InChI is InChI=1S/C15H30N2O4/c1-15(2,3)21-14(18)17-13-6-5-12(11-13)16-7-8-20-10-9-19-4/h12-13,16H,5-11H2,1-4H3,(H,17,18). The van der Waals surface area contributed by atoms with Gasteiger partial charge in [-0.15, -0.1) is 0 Å². The van der Waals surface area contributed by atoms with Crippen molar-refractivity contribution in [3.05, 3.63) is 0 Å². The van der Waals surface area contributed by atoms with Gasteiger partial charge in [-0.3, -0.25) is 0 Å². The van der Waals surface area contributed by atoms with Crippen molar-refractivity contribution in [2.24, 2.45) is 0 Å². The molecule has 1 aliphatic carbocycles. The lowest BCUT2D eigenvalue weighted by Crippen LogP contribution is -2.39. The Labute approximate surface area is 127 Å². The van der Waals surface area contributed by atoms with Crippen LogP contribution in [0.25, 0.3) is 0 Å². The molecule has 1 amide bonds. The van der Waals surface area contributed by atoms with E-state index in [1.807, 2.05) is 20.8 Å². The van der Waals surface area contributed by atoms with E-state index in [2.05, 4.69) is 10.6 Å². The number of ether oxygens (including phenoxy) is 3. The number of nitrogens with one attached hydrogen (secondary N) is 2. The van der Waals surface area contributed by atoms with Crippen LogP contribution >= 0.6 is 0 Å². The Hall–Kier alpha value is -0.850. The Morgan fingerprint density at radius 2 is 1.86 bits per heavy atom. The highest BCUT2D eigenvalue weighted by molar-refractivity contribution is 5.68. The maximum absolute atomic E-state index is 11.7. The van der Waals surface area contributed by atoms with Crippen molar-refractivity contribution in [3.63, 3.8) is 0 Å². The van der Waals surface area contributed by atoms with Gasteiger partial charge in [0.2, 0.25) is 0 Å². The third kappa shape index (κ3) is 8.90. The Morgan fingerprint density at radius 3 is 2.52 bits per heavy atom. The fourth-order valence-corrected chi connectivity index (χ4v) is 2.35. The lowest BCUT2D eigenvalue weighted by molar-refractivity contribution is 0.0504. The quantitative estimate of drug-likeness (QED) is 0.668. The topological polar surface area (TPSA) is 68.8 Å². The molecule has 1 aliphatic rings. The molecule has 1 fully saturated rings. The van der Waals surface area contributed by atoms with E-state index in [0.717, 1.165) is 25.8 Å². The molecular weight excluding hydrogens is 272 g/mol. The number of hydrogen-bond acceptors (Lipinski definition) is 5. The second kappa shape index (κ2) is 9.23. The number of carbonyl (C=O) groups is 1. The first kappa shape index (κ1) is 18.2. The molecule has 0 aromatic carbocycles. The van der Waals surface area contributed by atoms with E-state index in [4.69, 9.17) is 14.2 Å². The largest absolute Gasteiger partial charge is 0.444 e. The number of rotatable bonds is 8. The van der Waals surface area contributed by atoms with Crippen molar-refractivity contribution in [1.82, 2.24) is 10.6 Å². The first-order valence-corrected chi connectivity index (χ1v) is 7.70. The van der Waals surface area contributed by atoms with E-state index in [1.54, 1.807) is 7.11 Å². The summed E-state index contributed by atoms with van der Waals surface area (Å²) in [7, 11) is 1.66. The van der Waals surface area contributed by atoms with Crippen molar-refractivity contribution in [2.45, 2.75) is 57.7 Å². The molecule has 0 saturated heterocycles. The Morgan fingerprint density at radius 1 is 1.14 bits per heavy atom. The maximum atomic E-state index is 11.7. The second-order valence-electron chi connectivity index (χ2n) is 6.41. The molecule has 6 heteroatoms. The van der Waals surface area contributed by atoms with Crippen molar-refractivity contribution in [3.8, 4) is 0 Å². The summed E-state index contributed by atoms with van der Waals surface area (Å²) in [6.07, 6.45) is 2.67. The molecule has 124 valence electrons. The first-order chi connectivity index (χ1) is 9.90. The summed E-state index contributed by atoms with van der Waals surface area (Å²) in [6.45, 7) is 8.38. The first-order valence-electron chi connectivity index (χ1n) is 7.70. The van der Waals surface area contributed by atoms with E-state index in [0.29, 0.717) is 25.9 Å². The van der Waals surface area contributed by atoms with Crippen LogP contribution in [0.2, 0.25) is 0 Å². The molecule has 1 saturated carbocycles. The van der Waals surface area contributed by atoms with E-state index in [-0.39, 0.29) is 12.1 Å². The minimum Gasteiger partial charge on any atom is -0.444 e. The van der Waals surface area contributed by atoms with Gasteiger partial charge in [-0.05, 0) is 40.0 Å². The van der Waals surface area contributed by atoms with Crippen LogP contribution < -0.4 is 10.6 Å². The highest BCUT2D eigenvalue weighted by Gasteiger charge is 2.27. The normalized spacial score (nSPS) is 22.3. The molecule has 0 radical (unpaired) electrons. The summed E-state index contributed by atoms with van der Waals surface area (Å²) in [5, 5.41) is 6.39. The Balaban J connectivity index is 2.08.